The molecular formula is C21H25NO2. The molecule has 1 fully saturated rings. The molecule has 1 aliphatic carbocycles. The molecule has 3 heteroatoms. The molecule has 0 atom stereocenters. The number of anilines is 1. The van der Waals surface area contributed by atoms with Crippen molar-refractivity contribution in [2.75, 3.05) is 5.32 Å². The summed E-state index contributed by atoms with van der Waals surface area (Å²) in [6.45, 7) is 4.49. The zero-order valence-electron chi connectivity index (χ0n) is 14.5. The summed E-state index contributed by atoms with van der Waals surface area (Å²) in [5.74, 6) is 1.58. The molecule has 0 saturated heterocycles. The number of hydrogen-bond donors (Lipinski definition) is 1. The lowest BCUT2D eigenvalue weighted by atomic mass is 10.0. The molecule has 3 rings (SSSR count). The van der Waals surface area contributed by atoms with Gasteiger partial charge in [-0.2, -0.15) is 0 Å². The van der Waals surface area contributed by atoms with Crippen LogP contribution in [0.4, 0.5) is 5.69 Å². The van der Waals surface area contributed by atoms with Crippen LogP contribution in [0.15, 0.2) is 42.5 Å². The molecule has 2 aromatic rings. The molecule has 1 aliphatic rings. The summed E-state index contributed by atoms with van der Waals surface area (Å²) in [5.41, 5.74) is 4.53. The van der Waals surface area contributed by atoms with Crippen molar-refractivity contribution in [1.82, 2.24) is 0 Å². The lowest BCUT2D eigenvalue weighted by Gasteiger charge is -2.17. The van der Waals surface area contributed by atoms with E-state index in [1.165, 1.54) is 24.0 Å². The van der Waals surface area contributed by atoms with Gasteiger partial charge < -0.3 is 10.1 Å². The molecule has 1 saturated carbocycles. The minimum atomic E-state index is 0.0400. The third-order valence-electron chi connectivity index (χ3n) is 4.55. The van der Waals surface area contributed by atoms with Gasteiger partial charge in [0.15, 0.2) is 0 Å². The number of hydrogen-bond acceptors (Lipinski definition) is 2. The molecule has 0 radical (unpaired) electrons. The molecule has 3 nitrogen and oxygen atoms in total. The molecule has 1 N–H and O–H groups in total. The Bertz CT molecular complexity index is 720. The van der Waals surface area contributed by atoms with Gasteiger partial charge in [-0.25, -0.2) is 0 Å². The molecule has 2 aromatic carbocycles. The molecule has 0 unspecified atom stereocenters. The van der Waals surface area contributed by atoms with Gasteiger partial charge in [-0.1, -0.05) is 44.2 Å². The van der Waals surface area contributed by atoms with Gasteiger partial charge in [0.25, 0.3) is 0 Å². The normalized spacial score (nSPS) is 13.6. The van der Waals surface area contributed by atoms with Crippen LogP contribution in [0.5, 0.6) is 5.75 Å². The summed E-state index contributed by atoms with van der Waals surface area (Å²) >= 11 is 0. The van der Waals surface area contributed by atoms with Crippen LogP contribution in [0.25, 0.3) is 0 Å². The Hall–Kier alpha value is -2.29. The Morgan fingerprint density at radius 3 is 2.62 bits per heavy atom. The van der Waals surface area contributed by atoms with E-state index in [-0.39, 0.29) is 5.91 Å². The number of aryl methyl sites for hydroxylation is 1. The number of nitrogens with one attached hydrogen (secondary N) is 1. The highest BCUT2D eigenvalue weighted by atomic mass is 16.5. The Morgan fingerprint density at radius 1 is 1.12 bits per heavy atom. The maximum atomic E-state index is 11.9. The minimum Gasteiger partial charge on any atom is -0.489 e. The number of carbonyl (C=O) groups excluding carboxylic acids is 1. The summed E-state index contributed by atoms with van der Waals surface area (Å²) in [7, 11) is 0. The Balaban J connectivity index is 1.86. The predicted molar refractivity (Wildman–Crippen MR) is 97.5 cm³/mol. The second kappa shape index (κ2) is 7.52. The highest BCUT2D eigenvalue weighted by molar-refractivity contribution is 5.91. The Kier molecular flexibility index (Phi) is 5.19. The SMILES string of the molecule is CCC(=O)Nc1cccc(C2CC2)c1COc1ccccc1CC. The zero-order valence-corrected chi connectivity index (χ0v) is 14.5. The first kappa shape index (κ1) is 16.6. The summed E-state index contributed by atoms with van der Waals surface area (Å²) in [6.07, 6.45) is 3.87. The van der Waals surface area contributed by atoms with Crippen LogP contribution in [-0.4, -0.2) is 5.91 Å². The standard InChI is InChI=1S/C21H25NO2/c1-3-15-8-5-6-11-20(15)24-14-18-17(16-12-13-16)9-7-10-19(18)22-21(23)4-2/h5-11,16H,3-4,12-14H2,1-2H3,(H,22,23). The van der Waals surface area contributed by atoms with Gasteiger partial charge in [-0.3, -0.25) is 4.79 Å². The molecule has 0 bridgehead atoms. The second-order valence-electron chi connectivity index (χ2n) is 6.30. The first-order valence-electron chi connectivity index (χ1n) is 8.85. The van der Waals surface area contributed by atoms with Crippen LogP contribution < -0.4 is 10.1 Å². The summed E-state index contributed by atoms with van der Waals surface area (Å²) in [4.78, 5) is 11.9. The smallest absolute Gasteiger partial charge is 0.224 e. The maximum Gasteiger partial charge on any atom is 0.224 e. The van der Waals surface area contributed by atoms with Crippen LogP contribution in [-0.2, 0) is 17.8 Å². The van der Waals surface area contributed by atoms with E-state index >= 15 is 0 Å². The fourth-order valence-corrected chi connectivity index (χ4v) is 2.98. The van der Waals surface area contributed by atoms with Crippen molar-refractivity contribution in [2.45, 2.75) is 52.1 Å². The van der Waals surface area contributed by atoms with Gasteiger partial charge in [0.1, 0.15) is 12.4 Å². The molecule has 0 aromatic heterocycles. The molecule has 24 heavy (non-hydrogen) atoms. The van der Waals surface area contributed by atoms with Crippen molar-refractivity contribution in [2.24, 2.45) is 0 Å². The van der Waals surface area contributed by atoms with Crippen molar-refractivity contribution in [3.8, 4) is 5.75 Å². The zero-order chi connectivity index (χ0) is 16.9. The van der Waals surface area contributed by atoms with E-state index in [9.17, 15) is 4.79 Å². The van der Waals surface area contributed by atoms with E-state index in [1.807, 2.05) is 37.3 Å². The summed E-state index contributed by atoms with van der Waals surface area (Å²) in [6, 6.07) is 14.3. The van der Waals surface area contributed by atoms with Crippen molar-refractivity contribution in [3.63, 3.8) is 0 Å². The molecule has 0 spiro atoms. The number of para-hydroxylation sites is 1. The van der Waals surface area contributed by atoms with Crippen LogP contribution in [0.1, 0.15) is 55.7 Å². The average Bonchev–Trinajstić information content (AvgIpc) is 3.45. The van der Waals surface area contributed by atoms with E-state index in [0.29, 0.717) is 18.9 Å². The largest absolute Gasteiger partial charge is 0.489 e. The Labute approximate surface area is 144 Å². The Morgan fingerprint density at radius 2 is 1.92 bits per heavy atom. The third-order valence-corrected chi connectivity index (χ3v) is 4.55. The third kappa shape index (κ3) is 3.78. The van der Waals surface area contributed by atoms with Crippen LogP contribution in [0, 0.1) is 0 Å². The van der Waals surface area contributed by atoms with Crippen molar-refractivity contribution >= 4 is 11.6 Å². The van der Waals surface area contributed by atoms with E-state index in [2.05, 4.69) is 24.4 Å². The number of amides is 1. The molecule has 0 heterocycles. The first-order valence-corrected chi connectivity index (χ1v) is 8.85. The van der Waals surface area contributed by atoms with Crippen LogP contribution in [0.3, 0.4) is 0 Å². The molecule has 126 valence electrons. The topological polar surface area (TPSA) is 38.3 Å². The van der Waals surface area contributed by atoms with Crippen molar-refractivity contribution in [3.05, 3.63) is 59.2 Å². The number of ether oxygens (including phenoxy) is 1. The second-order valence-corrected chi connectivity index (χ2v) is 6.30. The van der Waals surface area contributed by atoms with E-state index in [1.54, 1.807) is 0 Å². The monoisotopic (exact) mass is 323 g/mol. The molecule has 1 amide bonds. The van der Waals surface area contributed by atoms with E-state index < -0.39 is 0 Å². The average molecular weight is 323 g/mol. The van der Waals surface area contributed by atoms with E-state index in [0.717, 1.165) is 23.4 Å². The number of rotatable bonds is 7. The maximum absolute atomic E-state index is 11.9. The van der Waals surface area contributed by atoms with Gasteiger partial charge >= 0.3 is 0 Å². The highest BCUT2D eigenvalue weighted by Gasteiger charge is 2.27. The minimum absolute atomic E-state index is 0.0400. The highest BCUT2D eigenvalue weighted by Crippen LogP contribution is 2.43. The quantitative estimate of drug-likeness (QED) is 0.774. The predicted octanol–water partition coefficient (Wildman–Crippen LogP) is 5.05. The van der Waals surface area contributed by atoms with Crippen molar-refractivity contribution in [1.29, 1.82) is 0 Å². The number of benzene rings is 2. The molecule has 0 aliphatic heterocycles. The number of carbonyl (C=O) groups is 1. The van der Waals surface area contributed by atoms with Gasteiger partial charge in [0, 0.05) is 17.7 Å². The van der Waals surface area contributed by atoms with Crippen LogP contribution in [0.2, 0.25) is 0 Å². The molecular weight excluding hydrogens is 298 g/mol. The lowest BCUT2D eigenvalue weighted by Crippen LogP contribution is -2.13. The first-order chi connectivity index (χ1) is 11.7. The van der Waals surface area contributed by atoms with Gasteiger partial charge in [-0.15, -0.1) is 0 Å². The van der Waals surface area contributed by atoms with Gasteiger partial charge in [-0.05, 0) is 48.4 Å². The van der Waals surface area contributed by atoms with Gasteiger partial charge in [0.05, 0.1) is 0 Å². The van der Waals surface area contributed by atoms with Crippen molar-refractivity contribution < 1.29 is 9.53 Å². The van der Waals surface area contributed by atoms with E-state index in [4.69, 9.17) is 4.74 Å². The van der Waals surface area contributed by atoms with Gasteiger partial charge in [0.2, 0.25) is 5.91 Å². The fourth-order valence-electron chi connectivity index (χ4n) is 2.98. The van der Waals surface area contributed by atoms with Crippen LogP contribution >= 0.6 is 0 Å². The summed E-state index contributed by atoms with van der Waals surface area (Å²) < 4.78 is 6.14. The lowest BCUT2D eigenvalue weighted by molar-refractivity contribution is -0.115. The fraction of sp³-hybridized carbons (Fsp3) is 0.381. The summed E-state index contributed by atoms with van der Waals surface area (Å²) in [5, 5.41) is 3.03.